The molecule has 6 nitrogen and oxygen atoms in total. The van der Waals surface area contributed by atoms with Gasteiger partial charge in [0.1, 0.15) is 6.04 Å². The molecule has 2 amide bonds. The van der Waals surface area contributed by atoms with E-state index in [9.17, 15) is 14.4 Å². The van der Waals surface area contributed by atoms with Gasteiger partial charge in [0.15, 0.2) is 0 Å². The van der Waals surface area contributed by atoms with Crippen molar-refractivity contribution in [2.75, 3.05) is 24.7 Å². The molecule has 1 saturated heterocycles. The van der Waals surface area contributed by atoms with Gasteiger partial charge in [-0.2, -0.15) is 0 Å². The zero-order valence-electron chi connectivity index (χ0n) is 12.2. The van der Waals surface area contributed by atoms with E-state index in [2.05, 4.69) is 0 Å². The average Bonchev–Trinajstić information content (AvgIpc) is 2.82. The van der Waals surface area contributed by atoms with Gasteiger partial charge in [-0.15, -0.1) is 11.8 Å². The fourth-order valence-electron chi connectivity index (χ4n) is 2.13. The smallest absolute Gasteiger partial charge is 0.305 e. The molecule has 0 radical (unpaired) electrons. The molecule has 0 bridgehead atoms. The Bertz CT molecular complexity index is 387. The lowest BCUT2D eigenvalue weighted by molar-refractivity contribution is -0.144. The summed E-state index contributed by atoms with van der Waals surface area (Å²) in [5.74, 6) is 0.194. The molecule has 1 rings (SSSR count). The van der Waals surface area contributed by atoms with Crippen LogP contribution in [-0.2, 0) is 14.4 Å². The van der Waals surface area contributed by atoms with E-state index in [-0.39, 0.29) is 30.7 Å². The third kappa shape index (κ3) is 4.70. The van der Waals surface area contributed by atoms with Gasteiger partial charge < -0.3 is 14.9 Å². The van der Waals surface area contributed by atoms with Crippen molar-refractivity contribution in [1.82, 2.24) is 9.80 Å². The molecule has 1 atom stereocenters. The number of carboxylic acid groups (broad SMARTS) is 1. The van der Waals surface area contributed by atoms with Crippen LogP contribution in [0.2, 0.25) is 0 Å². The molecule has 0 spiro atoms. The lowest BCUT2D eigenvalue weighted by Crippen LogP contribution is -2.49. The first-order valence-corrected chi connectivity index (χ1v) is 7.84. The summed E-state index contributed by atoms with van der Waals surface area (Å²) < 4.78 is 0. The van der Waals surface area contributed by atoms with Gasteiger partial charge in [-0.25, -0.2) is 0 Å². The number of nitrogens with zero attached hydrogens (tertiary/aromatic N) is 2. The van der Waals surface area contributed by atoms with Gasteiger partial charge in [0.25, 0.3) is 0 Å². The second-order valence-corrected chi connectivity index (χ2v) is 6.33. The number of thioether (sulfide) groups is 1. The van der Waals surface area contributed by atoms with Crippen LogP contribution in [0, 0.1) is 5.92 Å². The Morgan fingerprint density at radius 3 is 2.55 bits per heavy atom. The number of hydrogen-bond donors (Lipinski definition) is 1. The van der Waals surface area contributed by atoms with E-state index in [1.165, 1.54) is 6.92 Å². The molecule has 0 aromatic heterocycles. The van der Waals surface area contributed by atoms with Crippen LogP contribution in [-0.4, -0.2) is 63.5 Å². The van der Waals surface area contributed by atoms with Crippen LogP contribution in [0.3, 0.4) is 0 Å². The molecule has 0 aromatic rings. The van der Waals surface area contributed by atoms with Crippen LogP contribution in [0.4, 0.5) is 0 Å². The van der Waals surface area contributed by atoms with Crippen molar-refractivity contribution in [2.24, 2.45) is 5.92 Å². The molecule has 20 heavy (non-hydrogen) atoms. The molecule has 1 unspecified atom stereocenters. The average molecular weight is 302 g/mol. The van der Waals surface area contributed by atoms with E-state index >= 15 is 0 Å². The Morgan fingerprint density at radius 1 is 1.40 bits per heavy atom. The van der Waals surface area contributed by atoms with E-state index in [0.717, 1.165) is 0 Å². The highest BCUT2D eigenvalue weighted by Crippen LogP contribution is 2.23. The summed E-state index contributed by atoms with van der Waals surface area (Å²) in [6.07, 6.45) is -0.0710. The van der Waals surface area contributed by atoms with E-state index in [1.807, 2.05) is 13.8 Å². The minimum Gasteiger partial charge on any atom is -0.481 e. The van der Waals surface area contributed by atoms with Crippen molar-refractivity contribution in [3.05, 3.63) is 0 Å². The van der Waals surface area contributed by atoms with Gasteiger partial charge in [0.2, 0.25) is 11.8 Å². The third-order valence-electron chi connectivity index (χ3n) is 3.06. The minimum absolute atomic E-state index is 0.0710. The first kappa shape index (κ1) is 16.8. The van der Waals surface area contributed by atoms with Gasteiger partial charge in [0, 0.05) is 25.8 Å². The van der Waals surface area contributed by atoms with Crippen molar-refractivity contribution >= 4 is 29.5 Å². The Kier molecular flexibility index (Phi) is 6.32. The highest BCUT2D eigenvalue weighted by Gasteiger charge is 2.35. The van der Waals surface area contributed by atoms with Crippen LogP contribution >= 0.6 is 11.8 Å². The Balaban J connectivity index is 2.75. The number of hydrogen-bond acceptors (Lipinski definition) is 4. The number of rotatable bonds is 6. The predicted octanol–water partition coefficient (Wildman–Crippen LogP) is 0.867. The summed E-state index contributed by atoms with van der Waals surface area (Å²) in [5.41, 5.74) is 0. The van der Waals surface area contributed by atoms with Crippen LogP contribution in [0.15, 0.2) is 0 Å². The highest BCUT2D eigenvalue weighted by atomic mass is 32.2. The largest absolute Gasteiger partial charge is 0.481 e. The molecule has 1 heterocycles. The maximum atomic E-state index is 12.5. The van der Waals surface area contributed by atoms with Gasteiger partial charge in [-0.1, -0.05) is 13.8 Å². The molecule has 0 aromatic carbocycles. The number of carboxylic acids is 1. The van der Waals surface area contributed by atoms with Crippen molar-refractivity contribution in [1.29, 1.82) is 0 Å². The quantitative estimate of drug-likeness (QED) is 0.787. The number of carbonyl (C=O) groups is 3. The Hall–Kier alpha value is -1.24. The van der Waals surface area contributed by atoms with Crippen molar-refractivity contribution in [2.45, 2.75) is 33.2 Å². The zero-order chi connectivity index (χ0) is 15.3. The van der Waals surface area contributed by atoms with Gasteiger partial charge >= 0.3 is 5.97 Å². The third-order valence-corrected chi connectivity index (χ3v) is 4.08. The standard InChI is InChI=1S/C13H22N2O4S/c1-9(2)6-14(5-4-12(17)18)13(19)11-7-20-8-15(11)10(3)16/h9,11H,4-8H2,1-3H3,(H,17,18). The van der Waals surface area contributed by atoms with Gasteiger partial charge in [0.05, 0.1) is 12.3 Å². The second kappa shape index (κ2) is 7.52. The summed E-state index contributed by atoms with van der Waals surface area (Å²) in [7, 11) is 0. The van der Waals surface area contributed by atoms with Crippen LogP contribution in [0.1, 0.15) is 27.2 Å². The van der Waals surface area contributed by atoms with Crippen LogP contribution in [0.25, 0.3) is 0 Å². The number of amides is 2. The molecule has 1 N–H and O–H groups in total. The summed E-state index contributed by atoms with van der Waals surface area (Å²) >= 11 is 1.55. The van der Waals surface area contributed by atoms with Crippen molar-refractivity contribution < 1.29 is 19.5 Å². The lowest BCUT2D eigenvalue weighted by Gasteiger charge is -2.30. The maximum absolute atomic E-state index is 12.5. The monoisotopic (exact) mass is 302 g/mol. The highest BCUT2D eigenvalue weighted by molar-refractivity contribution is 7.99. The van der Waals surface area contributed by atoms with E-state index in [1.54, 1.807) is 21.6 Å². The predicted molar refractivity (Wildman–Crippen MR) is 77.3 cm³/mol. The first-order chi connectivity index (χ1) is 9.32. The Morgan fingerprint density at radius 2 is 2.05 bits per heavy atom. The zero-order valence-corrected chi connectivity index (χ0v) is 13.0. The van der Waals surface area contributed by atoms with Gasteiger partial charge in [-0.3, -0.25) is 14.4 Å². The van der Waals surface area contributed by atoms with E-state index < -0.39 is 12.0 Å². The fraction of sp³-hybridized carbons (Fsp3) is 0.769. The van der Waals surface area contributed by atoms with E-state index in [4.69, 9.17) is 5.11 Å². The lowest BCUT2D eigenvalue weighted by atomic mass is 10.1. The van der Waals surface area contributed by atoms with Crippen LogP contribution < -0.4 is 0 Å². The fourth-order valence-corrected chi connectivity index (χ4v) is 3.34. The van der Waals surface area contributed by atoms with Crippen molar-refractivity contribution in [3.8, 4) is 0 Å². The molecule has 1 aliphatic heterocycles. The maximum Gasteiger partial charge on any atom is 0.305 e. The minimum atomic E-state index is -0.921. The summed E-state index contributed by atoms with van der Waals surface area (Å²) in [6, 6.07) is -0.454. The topological polar surface area (TPSA) is 77.9 Å². The van der Waals surface area contributed by atoms with Crippen LogP contribution in [0.5, 0.6) is 0 Å². The SMILES string of the molecule is CC(=O)N1CSCC1C(=O)N(CCC(=O)O)CC(C)C. The molecular formula is C13H22N2O4S. The first-order valence-electron chi connectivity index (χ1n) is 6.68. The number of aliphatic carboxylic acids is 1. The summed E-state index contributed by atoms with van der Waals surface area (Å²) in [4.78, 5) is 37.9. The van der Waals surface area contributed by atoms with Crippen molar-refractivity contribution in [3.63, 3.8) is 0 Å². The summed E-state index contributed by atoms with van der Waals surface area (Å²) in [6.45, 7) is 6.12. The number of carbonyl (C=O) groups excluding carboxylic acids is 2. The molecule has 114 valence electrons. The molecule has 1 aliphatic rings. The molecule has 0 aliphatic carbocycles. The second-order valence-electron chi connectivity index (χ2n) is 5.33. The molecule has 0 saturated carbocycles. The van der Waals surface area contributed by atoms with E-state index in [0.29, 0.717) is 18.2 Å². The summed E-state index contributed by atoms with van der Waals surface area (Å²) in [5, 5.41) is 8.78. The van der Waals surface area contributed by atoms with Gasteiger partial charge in [-0.05, 0) is 5.92 Å². The molecule has 7 heteroatoms. The Labute approximate surface area is 123 Å². The molecular weight excluding hydrogens is 280 g/mol. The molecule has 1 fully saturated rings. The normalized spacial score (nSPS) is 18.4.